The van der Waals surface area contributed by atoms with Gasteiger partial charge in [-0.1, -0.05) is 6.07 Å². The zero-order valence-corrected chi connectivity index (χ0v) is 20.3. The largest absolute Gasteiger partial charge is 0.493 e. The van der Waals surface area contributed by atoms with Crippen molar-refractivity contribution in [2.45, 2.75) is 13.8 Å². The monoisotopic (exact) mass is 493 g/mol. The molecule has 0 spiro atoms. The van der Waals surface area contributed by atoms with Crippen molar-refractivity contribution in [1.29, 1.82) is 0 Å². The highest BCUT2D eigenvalue weighted by atomic mass is 19.1. The molecule has 0 atom stereocenters. The Morgan fingerprint density at radius 3 is 2.47 bits per heavy atom. The van der Waals surface area contributed by atoms with Crippen molar-refractivity contribution in [3.8, 4) is 28.4 Å². The van der Waals surface area contributed by atoms with Gasteiger partial charge in [-0.3, -0.25) is 4.79 Å². The number of carbonyl (C=O) groups excluding carboxylic acids is 1. The van der Waals surface area contributed by atoms with E-state index in [2.05, 4.69) is 5.32 Å². The molecular weight excluding hydrogens is 468 g/mol. The van der Waals surface area contributed by atoms with Crippen molar-refractivity contribution in [1.82, 2.24) is 0 Å². The molecule has 8 heteroatoms. The summed E-state index contributed by atoms with van der Waals surface area (Å²) < 4.78 is 49.5. The summed E-state index contributed by atoms with van der Waals surface area (Å²) in [6.45, 7) is 4.01. The molecule has 1 N–H and O–H groups in total. The number of rotatable bonds is 8. The number of benzene rings is 3. The molecule has 0 aliphatic heterocycles. The van der Waals surface area contributed by atoms with Gasteiger partial charge in [-0.2, -0.15) is 0 Å². The third kappa shape index (κ3) is 5.02. The molecular formula is C28H25F2NO5. The molecule has 0 saturated carbocycles. The first-order valence-electron chi connectivity index (χ1n) is 11.2. The van der Waals surface area contributed by atoms with Crippen LogP contribution in [0.1, 0.15) is 19.4 Å². The molecule has 0 unspecified atom stereocenters. The van der Waals surface area contributed by atoms with Gasteiger partial charge in [0.05, 0.1) is 32.8 Å². The van der Waals surface area contributed by atoms with Crippen LogP contribution < -0.4 is 19.5 Å². The van der Waals surface area contributed by atoms with Gasteiger partial charge in [0.15, 0.2) is 11.5 Å². The molecule has 1 aromatic heterocycles. The number of nitrogens with one attached hydrogen (secondary N) is 1. The first-order valence-corrected chi connectivity index (χ1v) is 11.2. The summed E-state index contributed by atoms with van der Waals surface area (Å²) in [4.78, 5) is 12.6. The van der Waals surface area contributed by atoms with E-state index in [1.807, 2.05) is 31.2 Å². The number of furan rings is 1. The van der Waals surface area contributed by atoms with E-state index >= 15 is 0 Å². The van der Waals surface area contributed by atoms with Crippen molar-refractivity contribution in [3.63, 3.8) is 0 Å². The number of allylic oxidation sites excluding steroid dienone is 1. The lowest BCUT2D eigenvalue weighted by Crippen LogP contribution is -2.10. The zero-order chi connectivity index (χ0) is 25.8. The van der Waals surface area contributed by atoms with Crippen molar-refractivity contribution in [2.24, 2.45) is 0 Å². The van der Waals surface area contributed by atoms with Gasteiger partial charge < -0.3 is 23.9 Å². The lowest BCUT2D eigenvalue weighted by Gasteiger charge is -2.12. The lowest BCUT2D eigenvalue weighted by molar-refractivity contribution is -0.111. The zero-order valence-electron chi connectivity index (χ0n) is 20.3. The van der Waals surface area contributed by atoms with Gasteiger partial charge in [-0.05, 0) is 55.3 Å². The number of hydrogen-bond donors (Lipinski definition) is 1. The van der Waals surface area contributed by atoms with Gasteiger partial charge in [-0.25, -0.2) is 8.78 Å². The molecule has 3 aromatic carbocycles. The number of fused-ring (bicyclic) bond motifs is 1. The summed E-state index contributed by atoms with van der Waals surface area (Å²) in [5.41, 5.74) is 3.42. The maximum absolute atomic E-state index is 14.0. The average Bonchev–Trinajstić information content (AvgIpc) is 3.27. The van der Waals surface area contributed by atoms with E-state index in [0.29, 0.717) is 46.6 Å². The molecule has 186 valence electrons. The second kappa shape index (κ2) is 10.5. The van der Waals surface area contributed by atoms with E-state index in [9.17, 15) is 13.6 Å². The highest BCUT2D eigenvalue weighted by Gasteiger charge is 2.17. The lowest BCUT2D eigenvalue weighted by atomic mass is 9.99. The Morgan fingerprint density at radius 2 is 1.78 bits per heavy atom. The number of ether oxygens (including phenoxy) is 3. The quantitative estimate of drug-likeness (QED) is 0.272. The molecule has 4 rings (SSSR count). The van der Waals surface area contributed by atoms with Crippen LogP contribution in [0.2, 0.25) is 0 Å². The van der Waals surface area contributed by atoms with Crippen molar-refractivity contribution in [2.75, 3.05) is 26.1 Å². The summed E-state index contributed by atoms with van der Waals surface area (Å²) in [6, 6.07) is 12.2. The number of hydrogen-bond acceptors (Lipinski definition) is 5. The minimum Gasteiger partial charge on any atom is -0.493 e. The van der Waals surface area contributed by atoms with Gasteiger partial charge in [0.2, 0.25) is 5.91 Å². The standard InChI is InChI=1S/C28H25F2NO5/c1-5-35-25-14-26-20(21(15-36-26)17-6-9-24(33-3)27(11-17)34-4)13-19(25)16(2)10-28(32)31-23-8-7-18(29)12-22(23)30/h6-15H,5H2,1-4H3,(H,31,32)/b16-10+. The predicted octanol–water partition coefficient (Wildman–Crippen LogP) is 6.84. The highest BCUT2D eigenvalue weighted by Crippen LogP contribution is 2.40. The van der Waals surface area contributed by atoms with Crippen LogP contribution in [0.15, 0.2) is 65.3 Å². The van der Waals surface area contributed by atoms with E-state index < -0.39 is 17.5 Å². The van der Waals surface area contributed by atoms with Crippen LogP contribution in [-0.2, 0) is 4.79 Å². The number of anilines is 1. The molecule has 0 fully saturated rings. The summed E-state index contributed by atoms with van der Waals surface area (Å²) in [6.07, 6.45) is 2.98. The Kier molecular flexibility index (Phi) is 7.24. The molecule has 36 heavy (non-hydrogen) atoms. The van der Waals surface area contributed by atoms with Crippen LogP contribution in [0.4, 0.5) is 14.5 Å². The van der Waals surface area contributed by atoms with Gasteiger partial charge in [0.1, 0.15) is 23.0 Å². The van der Waals surface area contributed by atoms with Gasteiger partial charge in [0, 0.05) is 34.7 Å². The fourth-order valence-corrected chi connectivity index (χ4v) is 3.90. The smallest absolute Gasteiger partial charge is 0.248 e. The molecule has 1 heterocycles. The van der Waals surface area contributed by atoms with Gasteiger partial charge in [0.25, 0.3) is 0 Å². The van der Waals surface area contributed by atoms with Gasteiger partial charge >= 0.3 is 0 Å². The number of carbonyl (C=O) groups is 1. The number of halogens is 2. The first-order chi connectivity index (χ1) is 17.3. The minimum atomic E-state index is -0.858. The maximum atomic E-state index is 14.0. The second-order valence-corrected chi connectivity index (χ2v) is 7.94. The third-order valence-electron chi connectivity index (χ3n) is 5.63. The molecule has 0 radical (unpaired) electrons. The Hall–Kier alpha value is -4.33. The average molecular weight is 494 g/mol. The van der Waals surface area contributed by atoms with Crippen LogP contribution in [0.25, 0.3) is 27.7 Å². The van der Waals surface area contributed by atoms with Crippen molar-refractivity contribution >= 4 is 28.1 Å². The maximum Gasteiger partial charge on any atom is 0.248 e. The normalized spacial score (nSPS) is 11.4. The topological polar surface area (TPSA) is 69.9 Å². The van der Waals surface area contributed by atoms with E-state index in [-0.39, 0.29) is 5.69 Å². The molecule has 4 aromatic rings. The number of methoxy groups -OCH3 is 2. The third-order valence-corrected chi connectivity index (χ3v) is 5.63. The van der Waals surface area contributed by atoms with Gasteiger partial charge in [-0.15, -0.1) is 0 Å². The SMILES string of the molecule is CCOc1cc2occ(-c3ccc(OC)c(OC)c3)c2cc1/C(C)=C/C(=O)Nc1ccc(F)cc1F. The molecule has 0 aliphatic rings. The molecule has 0 aliphatic carbocycles. The summed E-state index contributed by atoms with van der Waals surface area (Å²) in [5.74, 6) is -0.423. The van der Waals surface area contributed by atoms with E-state index in [1.54, 1.807) is 33.5 Å². The van der Waals surface area contributed by atoms with E-state index in [4.69, 9.17) is 18.6 Å². The van der Waals surface area contributed by atoms with E-state index in [1.165, 1.54) is 12.1 Å². The summed E-state index contributed by atoms with van der Waals surface area (Å²) in [5, 5.41) is 3.24. The molecule has 1 amide bonds. The Bertz CT molecular complexity index is 1460. The summed E-state index contributed by atoms with van der Waals surface area (Å²) in [7, 11) is 3.14. The Morgan fingerprint density at radius 1 is 1.00 bits per heavy atom. The fraction of sp³-hybridized carbons (Fsp3) is 0.179. The molecule has 0 bridgehead atoms. The van der Waals surface area contributed by atoms with Crippen LogP contribution in [0, 0.1) is 11.6 Å². The van der Waals surface area contributed by atoms with Crippen molar-refractivity contribution in [3.05, 3.63) is 78.1 Å². The predicted molar refractivity (Wildman–Crippen MR) is 135 cm³/mol. The fourth-order valence-electron chi connectivity index (χ4n) is 3.90. The minimum absolute atomic E-state index is 0.114. The van der Waals surface area contributed by atoms with Crippen LogP contribution in [0.5, 0.6) is 17.2 Å². The molecule has 0 saturated heterocycles. The highest BCUT2D eigenvalue weighted by molar-refractivity contribution is 6.05. The Labute approximate surface area is 207 Å². The van der Waals surface area contributed by atoms with E-state index in [0.717, 1.165) is 22.6 Å². The Balaban J connectivity index is 1.74. The molecule has 6 nitrogen and oxygen atoms in total. The first kappa shape index (κ1) is 24.8. The van der Waals surface area contributed by atoms with Crippen LogP contribution in [-0.4, -0.2) is 26.7 Å². The summed E-state index contributed by atoms with van der Waals surface area (Å²) >= 11 is 0. The van der Waals surface area contributed by atoms with Crippen LogP contribution in [0.3, 0.4) is 0 Å². The number of amides is 1. The second-order valence-electron chi connectivity index (χ2n) is 7.94. The van der Waals surface area contributed by atoms with Crippen molar-refractivity contribution < 1.29 is 32.2 Å². The van der Waals surface area contributed by atoms with Crippen LogP contribution >= 0.6 is 0 Å².